The molecule has 7 nitrogen and oxygen atoms in total. The molecular weight excluding hydrogens is 258 g/mol. The van der Waals surface area contributed by atoms with Crippen LogP contribution < -0.4 is 10.6 Å². The number of hydrogen-bond donors (Lipinski definition) is 1. The van der Waals surface area contributed by atoms with Crippen molar-refractivity contribution in [1.82, 2.24) is 9.97 Å². The predicted molar refractivity (Wildman–Crippen MR) is 77.0 cm³/mol. The molecule has 2 aromatic rings. The minimum Gasteiger partial charge on any atom is -0.368 e. The van der Waals surface area contributed by atoms with Gasteiger partial charge in [0.25, 0.3) is 0 Å². The molecule has 0 unspecified atom stereocenters. The molecule has 0 aliphatic carbocycles. The summed E-state index contributed by atoms with van der Waals surface area (Å²) < 4.78 is 0. The summed E-state index contributed by atoms with van der Waals surface area (Å²) in [4.78, 5) is 20.0. The second-order valence-corrected chi connectivity index (χ2v) is 4.27. The van der Waals surface area contributed by atoms with Gasteiger partial charge in [-0.2, -0.15) is 4.98 Å². The van der Waals surface area contributed by atoms with Crippen LogP contribution in [0, 0.1) is 17.0 Å². The maximum absolute atomic E-state index is 11.1. The van der Waals surface area contributed by atoms with Gasteiger partial charge in [-0.3, -0.25) is 10.1 Å². The Balaban J connectivity index is 2.53. The third kappa shape index (κ3) is 2.66. The smallest absolute Gasteiger partial charge is 0.330 e. The van der Waals surface area contributed by atoms with Crippen molar-refractivity contribution in [2.24, 2.45) is 0 Å². The van der Waals surface area contributed by atoms with Gasteiger partial charge in [0.05, 0.1) is 4.92 Å². The van der Waals surface area contributed by atoms with E-state index in [4.69, 9.17) is 5.73 Å². The summed E-state index contributed by atoms with van der Waals surface area (Å²) in [6.45, 7) is 4.40. The van der Waals surface area contributed by atoms with Gasteiger partial charge < -0.3 is 10.6 Å². The van der Waals surface area contributed by atoms with Crippen LogP contribution in [0.1, 0.15) is 12.5 Å². The van der Waals surface area contributed by atoms with E-state index in [-0.39, 0.29) is 17.5 Å². The highest BCUT2D eigenvalue weighted by molar-refractivity contribution is 5.68. The maximum Gasteiger partial charge on any atom is 0.330 e. The SMILES string of the molecule is CCN(c1ccc(C)cc1)c1nc(N)ncc1[N+](=O)[O-]. The highest BCUT2D eigenvalue weighted by Gasteiger charge is 2.22. The number of nitrogens with zero attached hydrogens (tertiary/aromatic N) is 4. The second-order valence-electron chi connectivity index (χ2n) is 4.27. The lowest BCUT2D eigenvalue weighted by Crippen LogP contribution is -2.19. The molecule has 1 aromatic carbocycles. The van der Waals surface area contributed by atoms with Gasteiger partial charge in [0, 0.05) is 12.2 Å². The van der Waals surface area contributed by atoms with Gasteiger partial charge in [-0.15, -0.1) is 0 Å². The summed E-state index contributed by atoms with van der Waals surface area (Å²) in [7, 11) is 0. The number of hydrogen-bond acceptors (Lipinski definition) is 6. The summed E-state index contributed by atoms with van der Waals surface area (Å²) in [5, 5.41) is 11.1. The molecule has 1 aromatic heterocycles. The number of rotatable bonds is 4. The Morgan fingerprint density at radius 1 is 1.35 bits per heavy atom. The third-order valence-corrected chi connectivity index (χ3v) is 2.88. The number of anilines is 3. The van der Waals surface area contributed by atoms with Gasteiger partial charge in [0.1, 0.15) is 6.20 Å². The van der Waals surface area contributed by atoms with E-state index in [0.29, 0.717) is 6.54 Å². The Hall–Kier alpha value is -2.70. The first-order valence-corrected chi connectivity index (χ1v) is 6.14. The molecule has 0 fully saturated rings. The van der Waals surface area contributed by atoms with Crippen LogP contribution in [0.25, 0.3) is 0 Å². The molecule has 0 radical (unpaired) electrons. The lowest BCUT2D eigenvalue weighted by Gasteiger charge is -2.21. The molecule has 0 aliphatic rings. The van der Waals surface area contributed by atoms with Crippen LogP contribution in [-0.4, -0.2) is 21.4 Å². The molecular formula is C13H15N5O2. The number of nitrogens with two attached hydrogens (primary N) is 1. The minimum atomic E-state index is -0.508. The van der Waals surface area contributed by atoms with E-state index in [1.807, 2.05) is 38.1 Å². The van der Waals surface area contributed by atoms with Gasteiger partial charge in [-0.1, -0.05) is 17.7 Å². The quantitative estimate of drug-likeness (QED) is 0.678. The molecule has 1 heterocycles. The monoisotopic (exact) mass is 273 g/mol. The van der Waals surface area contributed by atoms with Crippen LogP contribution in [0.15, 0.2) is 30.5 Å². The van der Waals surface area contributed by atoms with E-state index in [1.165, 1.54) is 0 Å². The molecule has 0 amide bonds. The van der Waals surface area contributed by atoms with Crippen LogP contribution in [0.4, 0.5) is 23.1 Å². The summed E-state index contributed by atoms with van der Waals surface area (Å²) in [5.74, 6) is 0.213. The first kappa shape index (κ1) is 13.7. The average molecular weight is 273 g/mol. The van der Waals surface area contributed by atoms with E-state index >= 15 is 0 Å². The van der Waals surface area contributed by atoms with Crippen LogP contribution in [0.3, 0.4) is 0 Å². The molecule has 0 spiro atoms. The van der Waals surface area contributed by atoms with Crippen LogP contribution >= 0.6 is 0 Å². The highest BCUT2D eigenvalue weighted by atomic mass is 16.6. The minimum absolute atomic E-state index is 0.0103. The van der Waals surface area contributed by atoms with Crippen molar-refractivity contribution in [3.8, 4) is 0 Å². The highest BCUT2D eigenvalue weighted by Crippen LogP contribution is 2.31. The number of nitrogen functional groups attached to an aromatic ring is 1. The molecule has 7 heteroatoms. The topological polar surface area (TPSA) is 98.2 Å². The Bertz CT molecular complexity index is 627. The standard InChI is InChI=1S/C13H15N5O2/c1-3-17(10-6-4-9(2)5-7-10)12-11(18(19)20)8-15-13(14)16-12/h4-8H,3H2,1-2H3,(H2,14,15,16). The van der Waals surface area contributed by atoms with Gasteiger partial charge in [-0.25, -0.2) is 4.98 Å². The Kier molecular flexibility index (Phi) is 3.79. The lowest BCUT2D eigenvalue weighted by molar-refractivity contribution is -0.384. The van der Waals surface area contributed by atoms with Gasteiger partial charge in [-0.05, 0) is 26.0 Å². The van der Waals surface area contributed by atoms with Crippen molar-refractivity contribution < 1.29 is 4.92 Å². The van der Waals surface area contributed by atoms with Crippen molar-refractivity contribution in [3.05, 3.63) is 46.1 Å². The normalized spacial score (nSPS) is 10.3. The summed E-state index contributed by atoms with van der Waals surface area (Å²) in [6.07, 6.45) is 1.13. The summed E-state index contributed by atoms with van der Waals surface area (Å²) >= 11 is 0. The number of benzene rings is 1. The molecule has 2 N–H and O–H groups in total. The number of aromatic nitrogens is 2. The molecule has 104 valence electrons. The average Bonchev–Trinajstić information content (AvgIpc) is 2.41. The molecule has 0 atom stereocenters. The Labute approximate surface area is 116 Å². The third-order valence-electron chi connectivity index (χ3n) is 2.88. The first-order valence-electron chi connectivity index (χ1n) is 6.14. The van der Waals surface area contributed by atoms with Crippen molar-refractivity contribution >= 4 is 23.1 Å². The predicted octanol–water partition coefficient (Wildman–Crippen LogP) is 2.43. The zero-order valence-corrected chi connectivity index (χ0v) is 11.3. The molecule has 0 aliphatic heterocycles. The molecule has 2 rings (SSSR count). The molecule has 0 saturated heterocycles. The summed E-state index contributed by atoms with van der Waals surface area (Å²) in [5.41, 5.74) is 7.32. The van der Waals surface area contributed by atoms with Gasteiger partial charge in [0.2, 0.25) is 11.8 Å². The second kappa shape index (κ2) is 5.52. The largest absolute Gasteiger partial charge is 0.368 e. The zero-order valence-electron chi connectivity index (χ0n) is 11.3. The molecule has 20 heavy (non-hydrogen) atoms. The first-order chi connectivity index (χ1) is 9.52. The Morgan fingerprint density at radius 3 is 2.55 bits per heavy atom. The molecule has 0 bridgehead atoms. The number of aryl methyl sites for hydroxylation is 1. The van der Waals surface area contributed by atoms with E-state index in [1.54, 1.807) is 4.90 Å². The van der Waals surface area contributed by atoms with Gasteiger partial charge in [0.15, 0.2) is 0 Å². The number of nitro groups is 1. The van der Waals surface area contributed by atoms with E-state index in [2.05, 4.69) is 9.97 Å². The van der Waals surface area contributed by atoms with Crippen molar-refractivity contribution in [3.63, 3.8) is 0 Å². The molecule has 0 saturated carbocycles. The summed E-state index contributed by atoms with van der Waals surface area (Å²) in [6, 6.07) is 7.66. The van der Waals surface area contributed by atoms with Crippen molar-refractivity contribution in [2.75, 3.05) is 17.2 Å². The zero-order chi connectivity index (χ0) is 14.7. The fourth-order valence-electron chi connectivity index (χ4n) is 1.89. The van der Waals surface area contributed by atoms with Crippen LogP contribution in [0.5, 0.6) is 0 Å². The Morgan fingerprint density at radius 2 is 2.00 bits per heavy atom. The van der Waals surface area contributed by atoms with E-state index < -0.39 is 4.92 Å². The van der Waals surface area contributed by atoms with E-state index in [9.17, 15) is 10.1 Å². The van der Waals surface area contributed by atoms with Crippen molar-refractivity contribution in [1.29, 1.82) is 0 Å². The lowest BCUT2D eigenvalue weighted by atomic mass is 10.2. The fraction of sp³-hybridized carbons (Fsp3) is 0.231. The fourth-order valence-corrected chi connectivity index (χ4v) is 1.89. The van der Waals surface area contributed by atoms with Crippen LogP contribution in [-0.2, 0) is 0 Å². The van der Waals surface area contributed by atoms with E-state index in [0.717, 1.165) is 17.4 Å². The van der Waals surface area contributed by atoms with Crippen molar-refractivity contribution in [2.45, 2.75) is 13.8 Å². The van der Waals surface area contributed by atoms with Gasteiger partial charge >= 0.3 is 5.69 Å². The maximum atomic E-state index is 11.1. The van der Waals surface area contributed by atoms with Crippen LogP contribution in [0.2, 0.25) is 0 Å².